The van der Waals surface area contributed by atoms with Crippen LogP contribution in [0, 0.1) is 5.92 Å². The van der Waals surface area contributed by atoms with Gasteiger partial charge in [-0.1, -0.05) is 0 Å². The predicted octanol–water partition coefficient (Wildman–Crippen LogP) is 2.37. The fourth-order valence-electron chi connectivity index (χ4n) is 0.845. The summed E-state index contributed by atoms with van der Waals surface area (Å²) in [5.74, 6) is 0.782. The third-order valence-electron chi connectivity index (χ3n) is 1.92. The molecule has 0 fully saturated rings. The van der Waals surface area contributed by atoms with Gasteiger partial charge in [0.1, 0.15) is 0 Å². The molecule has 1 unspecified atom stereocenters. The van der Waals surface area contributed by atoms with E-state index in [1.165, 1.54) is 12.7 Å². The summed E-state index contributed by atoms with van der Waals surface area (Å²) in [6, 6.07) is 0. The van der Waals surface area contributed by atoms with Crippen LogP contribution in [0.3, 0.4) is 0 Å². The molecule has 0 spiro atoms. The van der Waals surface area contributed by atoms with E-state index in [1.54, 1.807) is 5.46 Å². The van der Waals surface area contributed by atoms with E-state index in [2.05, 4.69) is 34.6 Å². The van der Waals surface area contributed by atoms with Crippen molar-refractivity contribution < 1.29 is 0 Å². The van der Waals surface area contributed by atoms with Crippen molar-refractivity contribution >= 4 is 12.4 Å². The van der Waals surface area contributed by atoms with E-state index in [4.69, 9.17) is 0 Å². The second kappa shape index (κ2) is 4.78. The van der Waals surface area contributed by atoms with E-state index in [9.17, 15) is 0 Å². The Kier molecular flexibility index (Phi) is 4.75. The Bertz CT molecular complexity index is 94.7. The molecular weight excluding hydrogens is 107 g/mol. The fraction of sp³-hybridized carbons (Fsp3) is 0.875. The Morgan fingerprint density at radius 3 is 2.33 bits per heavy atom. The van der Waals surface area contributed by atoms with Gasteiger partial charge in [0.2, 0.25) is 0 Å². The molecule has 0 aliphatic rings. The summed E-state index contributed by atoms with van der Waals surface area (Å²) in [5, 5.41) is 0. The zero-order chi connectivity index (χ0) is 7.28. The van der Waals surface area contributed by atoms with Crippen molar-refractivity contribution in [3.63, 3.8) is 0 Å². The van der Waals surface area contributed by atoms with Crippen molar-refractivity contribution in [2.45, 2.75) is 40.4 Å². The molecule has 0 radical (unpaired) electrons. The van der Waals surface area contributed by atoms with E-state index >= 15 is 0 Å². The molecule has 0 amide bonds. The van der Waals surface area contributed by atoms with Crippen LogP contribution in [0.25, 0.3) is 0 Å². The van der Waals surface area contributed by atoms with Gasteiger partial charge in [0.05, 0.1) is 0 Å². The number of hydrogen-bond acceptors (Lipinski definition) is 0. The van der Waals surface area contributed by atoms with Gasteiger partial charge in [0.25, 0.3) is 0 Å². The second-order valence-corrected chi connectivity index (χ2v) is 2.67. The Balaban J connectivity index is 3.70. The zero-order valence-corrected chi connectivity index (χ0v) is 7.07. The molecule has 0 aromatic rings. The van der Waals surface area contributed by atoms with Crippen LogP contribution in [0.4, 0.5) is 0 Å². The Hall–Kier alpha value is -0.0651. The van der Waals surface area contributed by atoms with Crippen molar-refractivity contribution in [2.24, 2.45) is 5.92 Å². The summed E-state index contributed by atoms with van der Waals surface area (Å²) in [6.07, 6.45) is 2.44. The van der Waals surface area contributed by atoms with Crippen molar-refractivity contribution in [1.29, 1.82) is 0 Å². The summed E-state index contributed by atoms with van der Waals surface area (Å²) in [7, 11) is 0. The normalized spacial score (nSPS) is 14.9. The summed E-state index contributed by atoms with van der Waals surface area (Å²) < 4.78 is 0. The fourth-order valence-corrected chi connectivity index (χ4v) is 0.845. The third-order valence-corrected chi connectivity index (χ3v) is 1.92. The third kappa shape index (κ3) is 3.50. The molecule has 0 heterocycles. The SMILES string of the molecule is CCB=C(C)C(C)CC. The first-order valence-corrected chi connectivity index (χ1v) is 3.89. The average molecular weight is 124 g/mol. The average Bonchev–Trinajstić information content (AvgIpc) is 1.87. The van der Waals surface area contributed by atoms with E-state index in [0.717, 1.165) is 5.92 Å². The Labute approximate surface area is 59.6 Å². The second-order valence-electron chi connectivity index (χ2n) is 2.67. The molecule has 0 saturated carbocycles. The first kappa shape index (κ1) is 8.93. The van der Waals surface area contributed by atoms with Gasteiger partial charge < -0.3 is 0 Å². The van der Waals surface area contributed by atoms with Crippen LogP contribution < -0.4 is 0 Å². The molecule has 0 aromatic heterocycles. The maximum atomic E-state index is 2.31. The van der Waals surface area contributed by atoms with Crippen LogP contribution >= 0.6 is 0 Å². The Morgan fingerprint density at radius 2 is 2.00 bits per heavy atom. The monoisotopic (exact) mass is 124 g/mol. The molecule has 0 nitrogen and oxygen atoms in total. The van der Waals surface area contributed by atoms with Crippen molar-refractivity contribution in [3.05, 3.63) is 0 Å². The van der Waals surface area contributed by atoms with E-state index in [1.807, 2.05) is 0 Å². The molecule has 0 bridgehead atoms. The van der Waals surface area contributed by atoms with Gasteiger partial charge in [-0.3, -0.25) is 0 Å². The Morgan fingerprint density at radius 1 is 1.44 bits per heavy atom. The van der Waals surface area contributed by atoms with Gasteiger partial charge in [0.15, 0.2) is 0 Å². The van der Waals surface area contributed by atoms with E-state index in [-0.39, 0.29) is 0 Å². The molecule has 9 heavy (non-hydrogen) atoms. The van der Waals surface area contributed by atoms with Crippen molar-refractivity contribution in [2.75, 3.05) is 0 Å². The molecule has 0 rings (SSSR count). The molecule has 0 aliphatic heterocycles. The topological polar surface area (TPSA) is 0 Å². The summed E-state index contributed by atoms with van der Waals surface area (Å²) >= 11 is 0. The molecule has 1 heteroatoms. The van der Waals surface area contributed by atoms with Crippen molar-refractivity contribution in [1.82, 2.24) is 0 Å². The summed E-state index contributed by atoms with van der Waals surface area (Å²) in [4.78, 5) is 0. The van der Waals surface area contributed by atoms with Gasteiger partial charge in [0, 0.05) is 0 Å². The van der Waals surface area contributed by atoms with Crippen LogP contribution in [-0.4, -0.2) is 12.4 Å². The van der Waals surface area contributed by atoms with Crippen LogP contribution in [0.2, 0.25) is 6.32 Å². The van der Waals surface area contributed by atoms with Gasteiger partial charge in [-0.25, -0.2) is 0 Å². The predicted molar refractivity (Wildman–Crippen MR) is 46.4 cm³/mol. The van der Waals surface area contributed by atoms with Gasteiger partial charge in [-0.05, 0) is 0 Å². The first-order chi connectivity index (χ1) is 4.22. The van der Waals surface area contributed by atoms with Crippen LogP contribution in [0.1, 0.15) is 34.1 Å². The van der Waals surface area contributed by atoms with Crippen LogP contribution in [0.5, 0.6) is 0 Å². The molecule has 0 saturated heterocycles. The minimum absolute atomic E-state index is 0.782. The zero-order valence-electron chi connectivity index (χ0n) is 7.07. The van der Waals surface area contributed by atoms with Crippen molar-refractivity contribution in [3.8, 4) is 0 Å². The molecule has 0 N–H and O–H groups in total. The number of rotatable bonds is 3. The minimum atomic E-state index is 0.782. The van der Waals surface area contributed by atoms with Gasteiger partial charge in [-0.15, -0.1) is 0 Å². The van der Waals surface area contributed by atoms with E-state index < -0.39 is 0 Å². The first-order valence-electron chi connectivity index (χ1n) is 3.89. The molecule has 52 valence electrons. The molecule has 0 aliphatic carbocycles. The maximum absolute atomic E-state index is 2.31. The van der Waals surface area contributed by atoms with Gasteiger partial charge in [-0.2, -0.15) is 0 Å². The standard InChI is InChI=1S/C8H17B/c1-5-7(3)8(4)9-6-2/h7H,5-6H2,1-4H3. The molecular formula is C8H17B. The summed E-state index contributed by atoms with van der Waals surface area (Å²) in [5.41, 5.74) is 1.54. The van der Waals surface area contributed by atoms with E-state index in [0.29, 0.717) is 0 Å². The van der Waals surface area contributed by atoms with Gasteiger partial charge >= 0.3 is 58.7 Å². The number of hydrogen-bond donors (Lipinski definition) is 0. The molecule has 1 atom stereocenters. The molecule has 0 aromatic carbocycles. The summed E-state index contributed by atoms with van der Waals surface area (Å²) in [6.45, 7) is 11.2. The quantitative estimate of drug-likeness (QED) is 0.506. The van der Waals surface area contributed by atoms with Crippen LogP contribution in [0.15, 0.2) is 0 Å². The van der Waals surface area contributed by atoms with Crippen LogP contribution in [-0.2, 0) is 0 Å².